The summed E-state index contributed by atoms with van der Waals surface area (Å²) in [6, 6.07) is 6.55. The Morgan fingerprint density at radius 3 is 2.74 bits per heavy atom. The molecule has 0 aliphatic heterocycles. The minimum atomic E-state index is -0.799. The lowest BCUT2D eigenvalue weighted by Crippen LogP contribution is -2.26. The molecular formula is C11H8N4O4. The highest BCUT2D eigenvalue weighted by atomic mass is 16.4. The van der Waals surface area contributed by atoms with E-state index < -0.39 is 17.1 Å². The zero-order valence-electron chi connectivity index (χ0n) is 9.54. The van der Waals surface area contributed by atoms with Gasteiger partial charge in [0, 0.05) is 0 Å². The molecule has 3 aromatic rings. The van der Waals surface area contributed by atoms with Crippen LogP contribution in [-0.2, 0) is 6.54 Å². The number of aromatic amines is 2. The second-order valence-corrected chi connectivity index (χ2v) is 3.88. The molecule has 0 saturated carbocycles. The topological polar surface area (TPSA) is 114 Å². The van der Waals surface area contributed by atoms with Crippen molar-refractivity contribution in [3.05, 3.63) is 61.5 Å². The Kier molecular flexibility index (Phi) is 2.41. The average molecular weight is 260 g/mol. The molecule has 3 rings (SSSR count). The van der Waals surface area contributed by atoms with Crippen LogP contribution in [0.5, 0.6) is 0 Å². The maximum Gasteiger partial charge on any atom is 0.422 e. The van der Waals surface area contributed by atoms with Gasteiger partial charge in [-0.15, -0.1) is 0 Å². The third-order valence-electron chi connectivity index (χ3n) is 2.67. The summed E-state index contributed by atoms with van der Waals surface area (Å²) in [7, 11) is 0. The largest absolute Gasteiger partial charge is 0.422 e. The normalized spacial score (nSPS) is 10.9. The van der Waals surface area contributed by atoms with Gasteiger partial charge in [-0.25, -0.2) is 19.5 Å². The molecule has 0 aliphatic rings. The van der Waals surface area contributed by atoms with Crippen molar-refractivity contribution in [2.75, 3.05) is 0 Å². The fourth-order valence-electron chi connectivity index (χ4n) is 1.85. The summed E-state index contributed by atoms with van der Waals surface area (Å²) < 4.78 is 5.85. The molecule has 2 N–H and O–H groups in total. The maximum atomic E-state index is 11.7. The van der Waals surface area contributed by atoms with Crippen LogP contribution in [0.15, 0.2) is 43.1 Å². The van der Waals surface area contributed by atoms with E-state index in [-0.39, 0.29) is 12.4 Å². The molecule has 1 aromatic carbocycles. The van der Waals surface area contributed by atoms with Crippen LogP contribution in [0.2, 0.25) is 0 Å². The van der Waals surface area contributed by atoms with E-state index in [0.29, 0.717) is 10.9 Å². The highest BCUT2D eigenvalue weighted by Gasteiger charge is 2.10. The van der Waals surface area contributed by atoms with E-state index >= 15 is 0 Å². The first-order valence-corrected chi connectivity index (χ1v) is 5.41. The molecule has 96 valence electrons. The van der Waals surface area contributed by atoms with Crippen LogP contribution in [-0.4, -0.2) is 19.7 Å². The lowest BCUT2D eigenvalue weighted by molar-refractivity contribution is 0.422. The second kappa shape index (κ2) is 4.09. The minimum absolute atomic E-state index is 0.00185. The van der Waals surface area contributed by atoms with Crippen molar-refractivity contribution in [2.24, 2.45) is 0 Å². The predicted octanol–water partition coefficient (Wildman–Crippen LogP) is -0.586. The number of rotatable bonds is 2. The van der Waals surface area contributed by atoms with Gasteiger partial charge in [0.05, 0.1) is 17.4 Å². The summed E-state index contributed by atoms with van der Waals surface area (Å²) >= 11 is 0. The zero-order chi connectivity index (χ0) is 13.4. The molecule has 8 heteroatoms. The van der Waals surface area contributed by atoms with E-state index in [1.165, 1.54) is 4.57 Å². The van der Waals surface area contributed by atoms with Crippen LogP contribution in [0.3, 0.4) is 0 Å². The Morgan fingerprint density at radius 1 is 1.21 bits per heavy atom. The van der Waals surface area contributed by atoms with Gasteiger partial charge in [-0.3, -0.25) is 9.55 Å². The molecule has 8 nitrogen and oxygen atoms in total. The molecule has 0 aliphatic carbocycles. The molecule has 0 amide bonds. The van der Waals surface area contributed by atoms with Gasteiger partial charge in [-0.05, 0) is 12.1 Å². The van der Waals surface area contributed by atoms with Crippen LogP contribution in [0.4, 0.5) is 0 Å². The fraction of sp³-hybridized carbons (Fsp3) is 0.0909. The number of fused-ring (bicyclic) bond motifs is 1. The third kappa shape index (κ3) is 1.88. The summed E-state index contributed by atoms with van der Waals surface area (Å²) in [5.74, 6) is -0.529. The lowest BCUT2D eigenvalue weighted by Gasteiger charge is -2.05. The first-order valence-electron chi connectivity index (χ1n) is 5.41. The number of aromatic nitrogens is 4. The van der Waals surface area contributed by atoms with Crippen molar-refractivity contribution >= 4 is 10.9 Å². The Bertz CT molecular complexity index is 914. The highest BCUT2D eigenvalue weighted by molar-refractivity contribution is 5.77. The van der Waals surface area contributed by atoms with Crippen LogP contribution in [0.25, 0.3) is 10.9 Å². The van der Waals surface area contributed by atoms with E-state index in [2.05, 4.69) is 19.6 Å². The Morgan fingerprint density at radius 2 is 2.00 bits per heavy atom. The molecule has 2 aromatic heterocycles. The minimum Gasteiger partial charge on any atom is -0.372 e. The van der Waals surface area contributed by atoms with Crippen molar-refractivity contribution in [1.82, 2.24) is 19.7 Å². The second-order valence-electron chi connectivity index (χ2n) is 3.88. The standard InChI is InChI=1S/C11H8N4O4/c16-9-6-3-1-2-4-7(6)15(11(18)19-9)5-8-12-10(17)14-13-8/h1-4H,5H2,(H2,12,13,14,17). The zero-order valence-corrected chi connectivity index (χ0v) is 9.54. The van der Waals surface area contributed by atoms with Crippen LogP contribution in [0.1, 0.15) is 5.82 Å². The lowest BCUT2D eigenvalue weighted by atomic mass is 10.2. The van der Waals surface area contributed by atoms with Gasteiger partial charge in [0.2, 0.25) is 0 Å². The van der Waals surface area contributed by atoms with Crippen molar-refractivity contribution in [2.45, 2.75) is 6.54 Å². The Hall–Kier alpha value is -2.90. The average Bonchev–Trinajstić information content (AvgIpc) is 2.80. The van der Waals surface area contributed by atoms with Crippen LogP contribution < -0.4 is 17.1 Å². The van der Waals surface area contributed by atoms with Crippen molar-refractivity contribution in [3.8, 4) is 0 Å². The maximum absolute atomic E-state index is 11.7. The predicted molar refractivity (Wildman–Crippen MR) is 65.1 cm³/mol. The molecule has 19 heavy (non-hydrogen) atoms. The third-order valence-corrected chi connectivity index (χ3v) is 2.67. The van der Waals surface area contributed by atoms with Crippen LogP contribution >= 0.6 is 0 Å². The summed E-state index contributed by atoms with van der Waals surface area (Å²) in [4.78, 5) is 36.7. The number of hydrogen-bond donors (Lipinski definition) is 2. The van der Waals surface area contributed by atoms with Gasteiger partial charge in [0.25, 0.3) is 0 Å². The van der Waals surface area contributed by atoms with E-state index in [1.807, 2.05) is 0 Å². The van der Waals surface area contributed by atoms with E-state index in [0.717, 1.165) is 0 Å². The van der Waals surface area contributed by atoms with E-state index in [4.69, 9.17) is 0 Å². The molecule has 0 atom stereocenters. The smallest absolute Gasteiger partial charge is 0.372 e. The molecule has 2 heterocycles. The van der Waals surface area contributed by atoms with Gasteiger partial charge >= 0.3 is 17.1 Å². The highest BCUT2D eigenvalue weighted by Crippen LogP contribution is 2.07. The summed E-state index contributed by atoms with van der Waals surface area (Å²) in [5.41, 5.74) is -0.732. The quantitative estimate of drug-likeness (QED) is 0.639. The van der Waals surface area contributed by atoms with Gasteiger partial charge in [0.15, 0.2) is 5.82 Å². The van der Waals surface area contributed by atoms with E-state index in [1.54, 1.807) is 24.3 Å². The molecule has 0 bridgehead atoms. The van der Waals surface area contributed by atoms with Gasteiger partial charge < -0.3 is 4.42 Å². The molecule has 0 spiro atoms. The molecule has 0 unspecified atom stereocenters. The number of para-hydroxylation sites is 1. The molecule has 0 saturated heterocycles. The molecule has 0 radical (unpaired) electrons. The number of hydrogen-bond acceptors (Lipinski definition) is 5. The number of nitrogens with one attached hydrogen (secondary N) is 2. The summed E-state index contributed by atoms with van der Waals surface area (Å²) in [6.45, 7) is 0.00185. The van der Waals surface area contributed by atoms with Crippen LogP contribution in [0, 0.1) is 0 Å². The number of nitrogens with zero attached hydrogens (tertiary/aromatic N) is 2. The van der Waals surface area contributed by atoms with Crippen molar-refractivity contribution < 1.29 is 4.42 Å². The van der Waals surface area contributed by atoms with Crippen molar-refractivity contribution in [1.29, 1.82) is 0 Å². The summed E-state index contributed by atoms with van der Waals surface area (Å²) in [6.07, 6.45) is 0. The Labute approximate surface area is 104 Å². The van der Waals surface area contributed by atoms with Crippen molar-refractivity contribution in [3.63, 3.8) is 0 Å². The fourth-order valence-corrected chi connectivity index (χ4v) is 1.85. The van der Waals surface area contributed by atoms with E-state index in [9.17, 15) is 14.4 Å². The first kappa shape index (κ1) is 11.2. The Balaban J connectivity index is 2.26. The SMILES string of the molecule is O=c1[nH]nc(Cn2c(=O)oc(=O)c3ccccc32)[nH]1. The number of benzene rings is 1. The number of H-pyrrole nitrogens is 2. The first-order chi connectivity index (χ1) is 9.15. The summed E-state index contributed by atoms with van der Waals surface area (Å²) in [5, 5.41) is 6.20. The monoisotopic (exact) mass is 260 g/mol. The van der Waals surface area contributed by atoms with Gasteiger partial charge in [-0.1, -0.05) is 12.1 Å². The van der Waals surface area contributed by atoms with Gasteiger partial charge in [-0.2, -0.15) is 5.10 Å². The molecule has 0 fully saturated rings. The molecular weight excluding hydrogens is 252 g/mol. The van der Waals surface area contributed by atoms with Gasteiger partial charge in [0.1, 0.15) is 0 Å².